The molecule has 1 fully saturated rings. The van der Waals surface area contributed by atoms with Gasteiger partial charge in [-0.1, -0.05) is 0 Å². The van der Waals surface area contributed by atoms with E-state index in [4.69, 9.17) is 4.74 Å². The third kappa shape index (κ3) is 3.19. The fourth-order valence-electron chi connectivity index (χ4n) is 2.16. The van der Waals surface area contributed by atoms with E-state index >= 15 is 0 Å². The average molecular weight is 265 g/mol. The van der Waals surface area contributed by atoms with Crippen molar-refractivity contribution in [2.45, 2.75) is 39.7 Å². The summed E-state index contributed by atoms with van der Waals surface area (Å²) in [6.45, 7) is 8.01. The molecule has 19 heavy (non-hydrogen) atoms. The first-order valence-electron chi connectivity index (χ1n) is 6.41. The Labute approximate surface area is 112 Å². The average Bonchev–Trinajstić information content (AvgIpc) is 2.25. The third-order valence-electron chi connectivity index (χ3n) is 2.97. The van der Waals surface area contributed by atoms with Crippen molar-refractivity contribution in [1.82, 2.24) is 4.90 Å². The van der Waals surface area contributed by atoms with E-state index in [1.54, 1.807) is 11.8 Å². The van der Waals surface area contributed by atoms with Crippen LogP contribution in [-0.2, 0) is 9.53 Å². The first-order chi connectivity index (χ1) is 8.76. The number of carbonyl (C=O) groups is 2. The summed E-state index contributed by atoms with van der Waals surface area (Å²) in [5.41, 5.74) is 0.300. The van der Waals surface area contributed by atoms with Crippen molar-refractivity contribution in [2.24, 2.45) is 15.9 Å². The molecule has 104 valence electrons. The largest absolute Gasteiger partial charge is 0.444 e. The molecule has 0 radical (unpaired) electrons. The zero-order valence-electron chi connectivity index (χ0n) is 11.8. The lowest BCUT2D eigenvalue weighted by Gasteiger charge is -2.34. The number of ether oxygens (including phenoxy) is 1. The van der Waals surface area contributed by atoms with Gasteiger partial charge in [0.1, 0.15) is 11.4 Å². The zero-order valence-corrected chi connectivity index (χ0v) is 11.8. The minimum Gasteiger partial charge on any atom is -0.444 e. The minimum atomic E-state index is -0.531. The second kappa shape index (κ2) is 4.75. The van der Waals surface area contributed by atoms with Gasteiger partial charge in [0.2, 0.25) is 0 Å². The summed E-state index contributed by atoms with van der Waals surface area (Å²) in [4.78, 5) is 33.5. The summed E-state index contributed by atoms with van der Waals surface area (Å²) in [7, 11) is 0. The van der Waals surface area contributed by atoms with E-state index in [1.165, 1.54) is 0 Å². The van der Waals surface area contributed by atoms with Gasteiger partial charge >= 0.3 is 6.09 Å². The molecule has 2 aliphatic heterocycles. The van der Waals surface area contributed by atoms with Crippen molar-refractivity contribution >= 4 is 23.5 Å². The van der Waals surface area contributed by atoms with Crippen LogP contribution < -0.4 is 0 Å². The van der Waals surface area contributed by atoms with E-state index in [0.717, 1.165) is 5.71 Å². The Morgan fingerprint density at radius 3 is 2.68 bits per heavy atom. The molecule has 6 nitrogen and oxygen atoms in total. The van der Waals surface area contributed by atoms with Crippen molar-refractivity contribution in [3.05, 3.63) is 0 Å². The number of amides is 2. The van der Waals surface area contributed by atoms with E-state index in [2.05, 4.69) is 9.98 Å². The maximum atomic E-state index is 12.0. The fraction of sp³-hybridized carbons (Fsp3) is 0.692. The Balaban J connectivity index is 2.06. The van der Waals surface area contributed by atoms with Crippen LogP contribution in [0.1, 0.15) is 34.1 Å². The number of carbonyl (C=O) groups excluding carboxylic acids is 2. The highest BCUT2D eigenvalue weighted by molar-refractivity contribution is 6.16. The number of hydrogen-bond donors (Lipinski definition) is 0. The van der Waals surface area contributed by atoms with Crippen LogP contribution in [0.2, 0.25) is 0 Å². The topological polar surface area (TPSA) is 71.3 Å². The van der Waals surface area contributed by atoms with E-state index in [1.807, 2.05) is 20.8 Å². The highest BCUT2D eigenvalue weighted by atomic mass is 16.6. The van der Waals surface area contributed by atoms with Gasteiger partial charge in [0.05, 0.1) is 5.92 Å². The van der Waals surface area contributed by atoms with Crippen LogP contribution in [0.15, 0.2) is 9.98 Å². The van der Waals surface area contributed by atoms with Gasteiger partial charge in [-0.15, -0.1) is 0 Å². The first kappa shape index (κ1) is 13.7. The van der Waals surface area contributed by atoms with Crippen molar-refractivity contribution in [3.63, 3.8) is 0 Å². The summed E-state index contributed by atoms with van der Waals surface area (Å²) in [5, 5.41) is 0. The number of piperidine rings is 1. The first-order valence-corrected chi connectivity index (χ1v) is 6.41. The molecule has 2 rings (SSSR count). The van der Waals surface area contributed by atoms with E-state index in [-0.39, 0.29) is 12.0 Å². The maximum absolute atomic E-state index is 12.0. The molecule has 1 saturated heterocycles. The Morgan fingerprint density at radius 1 is 1.37 bits per heavy atom. The van der Waals surface area contributed by atoms with Crippen LogP contribution in [0.5, 0.6) is 0 Å². The zero-order chi connectivity index (χ0) is 14.2. The van der Waals surface area contributed by atoms with Crippen LogP contribution in [0.3, 0.4) is 0 Å². The van der Waals surface area contributed by atoms with E-state index in [9.17, 15) is 9.59 Å². The molecule has 0 aromatic rings. The van der Waals surface area contributed by atoms with Gasteiger partial charge in [-0.25, -0.2) is 9.79 Å². The minimum absolute atomic E-state index is 0.212. The number of nitrogens with zero attached hydrogens (tertiary/aromatic N) is 3. The number of aliphatic imine (C=N–C) groups is 2. The van der Waals surface area contributed by atoms with Gasteiger partial charge in [0.25, 0.3) is 5.91 Å². The van der Waals surface area contributed by atoms with Crippen molar-refractivity contribution in [1.29, 1.82) is 0 Å². The molecule has 2 heterocycles. The quantitative estimate of drug-likeness (QED) is 0.668. The standard InChI is InChI=1S/C13H19N3O3/c1-8-14-10-5-6-16(7-9(10)11(17)15-8)12(18)19-13(2,3)4/h9H,5-7H2,1-4H3. The normalized spacial score (nSPS) is 23.5. The van der Waals surface area contributed by atoms with E-state index < -0.39 is 11.5 Å². The lowest BCUT2D eigenvalue weighted by Crippen LogP contribution is -2.49. The highest BCUT2D eigenvalue weighted by Crippen LogP contribution is 2.21. The van der Waals surface area contributed by atoms with Gasteiger partial charge in [0.15, 0.2) is 0 Å². The lowest BCUT2D eigenvalue weighted by molar-refractivity contribution is -0.120. The number of amidine groups is 1. The molecule has 0 N–H and O–H groups in total. The van der Waals surface area contributed by atoms with Crippen LogP contribution in [0.25, 0.3) is 0 Å². The molecule has 0 aromatic heterocycles. The Hall–Kier alpha value is -1.72. The second-order valence-electron chi connectivity index (χ2n) is 5.83. The number of fused-ring (bicyclic) bond motifs is 1. The number of hydrogen-bond acceptors (Lipinski definition) is 4. The Morgan fingerprint density at radius 2 is 2.05 bits per heavy atom. The monoisotopic (exact) mass is 265 g/mol. The molecular weight excluding hydrogens is 246 g/mol. The molecule has 6 heteroatoms. The summed E-state index contributed by atoms with van der Waals surface area (Å²) < 4.78 is 5.31. The van der Waals surface area contributed by atoms with Gasteiger partial charge in [-0.2, -0.15) is 4.99 Å². The lowest BCUT2D eigenvalue weighted by atomic mass is 9.94. The summed E-state index contributed by atoms with van der Waals surface area (Å²) in [5.74, 6) is -0.109. The molecule has 0 aromatic carbocycles. The second-order valence-corrected chi connectivity index (χ2v) is 5.83. The smallest absolute Gasteiger partial charge is 0.410 e. The predicted octanol–water partition coefficient (Wildman–Crippen LogP) is 1.64. The maximum Gasteiger partial charge on any atom is 0.410 e. The molecule has 0 bridgehead atoms. The van der Waals surface area contributed by atoms with Gasteiger partial charge < -0.3 is 9.64 Å². The molecular formula is C13H19N3O3. The van der Waals surface area contributed by atoms with Crippen LogP contribution in [0, 0.1) is 5.92 Å². The van der Waals surface area contributed by atoms with Crippen molar-refractivity contribution in [3.8, 4) is 0 Å². The Bertz CT molecular complexity index is 474. The van der Waals surface area contributed by atoms with Crippen molar-refractivity contribution in [2.75, 3.05) is 13.1 Å². The van der Waals surface area contributed by atoms with E-state index in [0.29, 0.717) is 25.3 Å². The molecule has 0 aliphatic carbocycles. The molecule has 1 unspecified atom stereocenters. The van der Waals surface area contributed by atoms with Gasteiger partial charge in [0, 0.05) is 25.2 Å². The molecule has 0 spiro atoms. The SMILES string of the molecule is CC1=NC(=O)C2CN(C(=O)OC(C)(C)C)CCC2=N1. The highest BCUT2D eigenvalue weighted by Gasteiger charge is 2.36. The number of rotatable bonds is 0. The van der Waals surface area contributed by atoms with Gasteiger partial charge in [-0.05, 0) is 27.7 Å². The van der Waals surface area contributed by atoms with Crippen LogP contribution in [-0.4, -0.2) is 47.1 Å². The molecule has 0 saturated carbocycles. The summed E-state index contributed by atoms with van der Waals surface area (Å²) in [6.07, 6.45) is 0.216. The summed E-state index contributed by atoms with van der Waals surface area (Å²) >= 11 is 0. The molecule has 1 atom stereocenters. The van der Waals surface area contributed by atoms with Crippen LogP contribution in [0.4, 0.5) is 4.79 Å². The third-order valence-corrected chi connectivity index (χ3v) is 2.97. The van der Waals surface area contributed by atoms with Crippen molar-refractivity contribution < 1.29 is 14.3 Å². The van der Waals surface area contributed by atoms with Crippen LogP contribution >= 0.6 is 0 Å². The predicted molar refractivity (Wildman–Crippen MR) is 71.5 cm³/mol. The number of likely N-dealkylation sites (tertiary alicyclic amines) is 1. The molecule has 2 aliphatic rings. The summed E-state index contributed by atoms with van der Waals surface area (Å²) in [6, 6.07) is 0. The van der Waals surface area contributed by atoms with Gasteiger partial charge in [-0.3, -0.25) is 4.79 Å². The Kier molecular flexibility index (Phi) is 3.43. The fourth-order valence-corrected chi connectivity index (χ4v) is 2.16. The molecule has 2 amide bonds.